The Morgan fingerprint density at radius 2 is 0.182 bits per heavy atom. The third kappa shape index (κ3) is 1020. The van der Waals surface area contributed by atoms with E-state index in [0.29, 0.717) is 0 Å². The first-order valence-electron chi connectivity index (χ1n) is 0. The molecule has 0 aliphatic rings. The molecule has 0 rings (SSSR count). The second-order valence-corrected chi connectivity index (χ2v) is 0. The van der Waals surface area contributed by atoms with E-state index in [1.165, 1.54) is 0 Å². The fourth-order valence-electron chi connectivity index (χ4n) is 0. The Labute approximate surface area is 94.4 Å². The Balaban J connectivity index is 0. The average Bonchev–Trinajstić information content (AvgIpc) is 0. The zero-order valence-electron chi connectivity index (χ0n) is 5.50. The van der Waals surface area contributed by atoms with Gasteiger partial charge in [0.2, 0.25) is 0 Å². The molecule has 0 radical (unpaired) electrons. The van der Waals surface area contributed by atoms with Crippen LogP contribution in [0.4, 0.5) is 0 Å². The van der Waals surface area contributed by atoms with E-state index in [-0.39, 0.29) is 94.7 Å². The maximum Gasteiger partial charge on any atom is 0 e. The molecule has 0 saturated carbocycles. The maximum absolute atomic E-state index is 0. The molecule has 10 nitrogen and oxygen atoms in total. The molecule has 0 heterocycles. The van der Waals surface area contributed by atoms with Crippen LogP contribution in [-0.2, 0) is 0 Å². The van der Waals surface area contributed by atoms with Crippen molar-refractivity contribution in [3.05, 3.63) is 0 Å². The molecule has 0 atom stereocenters. The van der Waals surface area contributed by atoms with Crippen molar-refractivity contribution >= 4 is 0 Å². The van der Waals surface area contributed by atoms with Crippen LogP contribution >= 0.6 is 0 Å². The van der Waals surface area contributed by atoms with Gasteiger partial charge in [0.1, 0.15) is 0 Å². The minimum absolute atomic E-state index is 0. The Kier molecular flexibility index (Phi) is 190000. The Morgan fingerprint density at radius 3 is 0.182 bits per heavy atom. The first-order valence-corrected chi connectivity index (χ1v) is 0. The summed E-state index contributed by atoms with van der Waals surface area (Å²) in [5.74, 6) is 0. The van der Waals surface area contributed by atoms with E-state index in [2.05, 4.69) is 0 Å². The van der Waals surface area contributed by atoms with E-state index in [9.17, 15) is 0 Å². The molecular formula is H20O10Th. The molecule has 11 heavy (non-hydrogen) atoms. The van der Waals surface area contributed by atoms with Gasteiger partial charge in [-0.2, -0.15) is 0 Å². The Bertz CT molecular complexity index is 4.83. The summed E-state index contributed by atoms with van der Waals surface area (Å²) in [6, 6.07) is 0. The molecule has 84 valence electrons. The largest absolute Gasteiger partial charge is 0.412 e. The van der Waals surface area contributed by atoms with Gasteiger partial charge in [0.15, 0.2) is 0 Å². The van der Waals surface area contributed by atoms with E-state index >= 15 is 0 Å². The summed E-state index contributed by atoms with van der Waals surface area (Å²) in [6.07, 6.45) is 0. The number of rotatable bonds is 0. The minimum Gasteiger partial charge on any atom is -0.412 e. The summed E-state index contributed by atoms with van der Waals surface area (Å²) in [5.41, 5.74) is 0. The monoisotopic (exact) mass is 412 g/mol. The van der Waals surface area contributed by atoms with Crippen LogP contribution in [0.5, 0.6) is 0 Å². The van der Waals surface area contributed by atoms with E-state index in [0.717, 1.165) is 0 Å². The molecule has 0 aromatic rings. The Morgan fingerprint density at radius 1 is 0.182 bits per heavy atom. The maximum atomic E-state index is 0. The topological polar surface area (TPSA) is 315 Å². The second-order valence-electron chi connectivity index (χ2n) is 0. The van der Waals surface area contributed by atoms with E-state index < -0.39 is 0 Å². The van der Waals surface area contributed by atoms with Crippen molar-refractivity contribution in [2.24, 2.45) is 0 Å². The fraction of sp³-hybridized carbons (Fsp3) is 0. The predicted octanol–water partition coefficient (Wildman–Crippen LogP) is -8.25. The van der Waals surface area contributed by atoms with Gasteiger partial charge in [-0.3, -0.25) is 0 Å². The normalized spacial score (nSPS) is 0. The molecule has 0 saturated heterocycles. The van der Waals surface area contributed by atoms with Crippen molar-refractivity contribution in [2.45, 2.75) is 0 Å². The summed E-state index contributed by atoms with van der Waals surface area (Å²) in [4.78, 5) is 0. The van der Waals surface area contributed by atoms with Crippen LogP contribution in [0.2, 0.25) is 0 Å². The van der Waals surface area contributed by atoms with Crippen molar-refractivity contribution in [3.8, 4) is 0 Å². The summed E-state index contributed by atoms with van der Waals surface area (Å²) >= 11 is 0. The van der Waals surface area contributed by atoms with E-state index in [1.54, 1.807) is 0 Å². The molecule has 0 unspecified atom stereocenters. The smallest absolute Gasteiger partial charge is 0 e. The molecule has 20 N–H and O–H groups in total. The summed E-state index contributed by atoms with van der Waals surface area (Å²) < 4.78 is 0. The van der Waals surface area contributed by atoms with Crippen LogP contribution in [0.15, 0.2) is 0 Å². The summed E-state index contributed by atoms with van der Waals surface area (Å²) in [6.45, 7) is 0. The average molecular weight is 412 g/mol. The van der Waals surface area contributed by atoms with Gasteiger partial charge in [-0.05, 0) is 0 Å². The van der Waals surface area contributed by atoms with Crippen LogP contribution in [-0.4, -0.2) is 54.8 Å². The third-order valence-corrected chi connectivity index (χ3v) is 0. The van der Waals surface area contributed by atoms with Gasteiger partial charge in [-0.15, -0.1) is 0 Å². The minimum atomic E-state index is 0. The first kappa shape index (κ1) is 1660. The van der Waals surface area contributed by atoms with Gasteiger partial charge in [-0.1, -0.05) is 0 Å². The van der Waals surface area contributed by atoms with Gasteiger partial charge in [0, 0.05) is 39.9 Å². The molecule has 0 aliphatic heterocycles. The van der Waals surface area contributed by atoms with Gasteiger partial charge < -0.3 is 54.8 Å². The van der Waals surface area contributed by atoms with Gasteiger partial charge >= 0.3 is 0 Å². The first-order chi connectivity index (χ1) is 0. The number of hydrogen-bond acceptors (Lipinski definition) is 0. The third-order valence-electron chi connectivity index (χ3n) is 0. The van der Waals surface area contributed by atoms with Crippen LogP contribution in [0.25, 0.3) is 0 Å². The molecule has 0 aromatic carbocycles. The van der Waals surface area contributed by atoms with Crippen LogP contribution in [0.3, 0.4) is 0 Å². The number of hydrogen-bond donors (Lipinski definition) is 0. The molecule has 0 bridgehead atoms. The van der Waals surface area contributed by atoms with Crippen molar-refractivity contribution in [1.82, 2.24) is 0 Å². The van der Waals surface area contributed by atoms with Crippen molar-refractivity contribution in [2.75, 3.05) is 0 Å². The predicted molar refractivity (Wildman–Crippen MR) is 36.1 cm³/mol. The van der Waals surface area contributed by atoms with Gasteiger partial charge in [0.25, 0.3) is 0 Å². The molecular weight excluding hydrogens is 392 g/mol. The summed E-state index contributed by atoms with van der Waals surface area (Å²) in [5, 5.41) is 0. The molecule has 0 amide bonds. The van der Waals surface area contributed by atoms with Crippen LogP contribution < -0.4 is 0 Å². The molecule has 0 aliphatic carbocycles. The van der Waals surface area contributed by atoms with E-state index in [1.807, 2.05) is 0 Å². The second kappa shape index (κ2) is 1260. The van der Waals surface area contributed by atoms with Crippen LogP contribution in [0.1, 0.15) is 0 Å². The van der Waals surface area contributed by atoms with Crippen LogP contribution in [0, 0.1) is 39.9 Å². The van der Waals surface area contributed by atoms with Crippen molar-refractivity contribution in [1.29, 1.82) is 0 Å². The fourth-order valence-corrected chi connectivity index (χ4v) is 0. The summed E-state index contributed by atoms with van der Waals surface area (Å²) in [7, 11) is 0. The quantitative estimate of drug-likeness (QED) is 0.358. The molecule has 0 fully saturated rings. The van der Waals surface area contributed by atoms with Crippen molar-refractivity contribution < 1.29 is 94.7 Å². The van der Waals surface area contributed by atoms with E-state index in [4.69, 9.17) is 0 Å². The molecule has 0 aromatic heterocycles. The zero-order valence-corrected chi connectivity index (χ0v) is 9.61. The van der Waals surface area contributed by atoms with Crippen molar-refractivity contribution in [3.63, 3.8) is 0 Å². The molecule has 0 spiro atoms. The standard InChI is InChI=1S/10H2O.Th/h10*1H2;. The molecule has 11 heteroatoms. The Hall–Kier alpha value is 0.925. The van der Waals surface area contributed by atoms with Gasteiger partial charge in [-0.25, -0.2) is 0 Å². The van der Waals surface area contributed by atoms with Gasteiger partial charge in [0.05, 0.1) is 0 Å². The zero-order chi connectivity index (χ0) is 0. The SMILES string of the molecule is O.O.O.O.O.O.O.O.O.O.[Th].